The Morgan fingerprint density at radius 1 is 1.25 bits per heavy atom. The summed E-state index contributed by atoms with van der Waals surface area (Å²) in [5.74, 6) is 0.00279. The first kappa shape index (κ1) is 15.4. The van der Waals surface area contributed by atoms with E-state index in [4.69, 9.17) is 5.26 Å². The van der Waals surface area contributed by atoms with Crippen LogP contribution >= 0.6 is 11.8 Å². The highest BCUT2D eigenvalue weighted by molar-refractivity contribution is 8.00. The standard InChI is InChI=1S/C14H18N2O2S2/c1-11-8-16(9-12(2)19-11)20(17,18)10-14-5-3-13(7-15)4-6-14/h3-6,11-12H,8-10H2,1-2H3. The van der Waals surface area contributed by atoms with Crippen molar-refractivity contribution in [2.75, 3.05) is 13.1 Å². The van der Waals surface area contributed by atoms with Crippen LogP contribution in [0.4, 0.5) is 0 Å². The van der Waals surface area contributed by atoms with E-state index in [9.17, 15) is 8.42 Å². The van der Waals surface area contributed by atoms with Gasteiger partial charge in [0.1, 0.15) is 0 Å². The maximum absolute atomic E-state index is 12.5. The third kappa shape index (κ3) is 3.75. The van der Waals surface area contributed by atoms with Gasteiger partial charge in [0.25, 0.3) is 0 Å². The Hall–Kier alpha value is -1.03. The Kier molecular flexibility index (Phi) is 4.74. The zero-order valence-electron chi connectivity index (χ0n) is 11.6. The summed E-state index contributed by atoms with van der Waals surface area (Å²) in [6, 6.07) is 8.76. The normalized spacial score (nSPS) is 24.2. The second kappa shape index (κ2) is 6.17. The largest absolute Gasteiger partial charge is 0.218 e. The number of thioether (sulfide) groups is 1. The maximum Gasteiger partial charge on any atom is 0.218 e. The smallest absolute Gasteiger partial charge is 0.212 e. The van der Waals surface area contributed by atoms with E-state index in [0.29, 0.717) is 29.2 Å². The molecule has 6 heteroatoms. The van der Waals surface area contributed by atoms with Crippen LogP contribution in [0.25, 0.3) is 0 Å². The van der Waals surface area contributed by atoms with Crippen LogP contribution in [0.3, 0.4) is 0 Å². The molecule has 0 saturated carbocycles. The summed E-state index contributed by atoms with van der Waals surface area (Å²) in [6.45, 7) is 5.27. The second-order valence-corrected chi connectivity index (χ2v) is 8.99. The van der Waals surface area contributed by atoms with E-state index in [1.54, 1.807) is 28.6 Å². The van der Waals surface area contributed by atoms with Gasteiger partial charge >= 0.3 is 0 Å². The topological polar surface area (TPSA) is 61.2 Å². The molecule has 2 unspecified atom stereocenters. The third-order valence-corrected chi connectivity index (χ3v) is 6.22. The van der Waals surface area contributed by atoms with Crippen molar-refractivity contribution in [1.82, 2.24) is 4.31 Å². The Balaban J connectivity index is 2.12. The fraction of sp³-hybridized carbons (Fsp3) is 0.500. The summed E-state index contributed by atoms with van der Waals surface area (Å²) >= 11 is 1.83. The van der Waals surface area contributed by atoms with E-state index in [2.05, 4.69) is 13.8 Å². The number of hydrogen-bond acceptors (Lipinski definition) is 4. The molecule has 0 spiro atoms. The first-order valence-corrected chi connectivity index (χ1v) is 9.08. The predicted molar refractivity (Wildman–Crippen MR) is 81.9 cm³/mol. The highest BCUT2D eigenvalue weighted by atomic mass is 32.2. The molecule has 1 heterocycles. The van der Waals surface area contributed by atoms with Crippen LogP contribution in [0.15, 0.2) is 24.3 Å². The van der Waals surface area contributed by atoms with Crippen molar-refractivity contribution in [3.05, 3.63) is 35.4 Å². The first-order valence-electron chi connectivity index (χ1n) is 6.53. The molecule has 1 fully saturated rings. The van der Waals surface area contributed by atoms with Gasteiger partial charge in [0.05, 0.1) is 17.4 Å². The summed E-state index contributed by atoms with van der Waals surface area (Å²) in [5.41, 5.74) is 1.27. The molecule has 1 saturated heterocycles. The number of nitriles is 1. The van der Waals surface area contributed by atoms with Gasteiger partial charge in [-0.1, -0.05) is 26.0 Å². The van der Waals surface area contributed by atoms with Gasteiger partial charge in [-0.05, 0) is 17.7 Å². The number of sulfonamides is 1. The average molecular weight is 310 g/mol. The molecule has 1 aromatic carbocycles. The molecular weight excluding hydrogens is 292 g/mol. The predicted octanol–water partition coefficient (Wildman–Crippen LogP) is 2.21. The summed E-state index contributed by atoms with van der Waals surface area (Å²) in [7, 11) is -3.28. The van der Waals surface area contributed by atoms with Crippen molar-refractivity contribution in [2.24, 2.45) is 0 Å². The van der Waals surface area contributed by atoms with Gasteiger partial charge in [-0.2, -0.15) is 21.3 Å². The van der Waals surface area contributed by atoms with Crippen LogP contribution in [0.2, 0.25) is 0 Å². The summed E-state index contributed by atoms with van der Waals surface area (Å²) < 4.78 is 26.5. The number of benzene rings is 1. The van der Waals surface area contributed by atoms with E-state index < -0.39 is 10.0 Å². The van der Waals surface area contributed by atoms with E-state index in [1.165, 1.54) is 0 Å². The van der Waals surface area contributed by atoms with Gasteiger partial charge in [-0.25, -0.2) is 8.42 Å². The fourth-order valence-electron chi connectivity index (χ4n) is 2.34. The maximum atomic E-state index is 12.5. The van der Waals surface area contributed by atoms with E-state index >= 15 is 0 Å². The Labute approximate surface area is 124 Å². The van der Waals surface area contributed by atoms with Gasteiger partial charge in [0, 0.05) is 23.6 Å². The molecule has 0 radical (unpaired) electrons. The molecule has 4 nitrogen and oxygen atoms in total. The second-order valence-electron chi connectivity index (χ2n) is 5.14. The molecule has 0 aliphatic carbocycles. The van der Waals surface area contributed by atoms with Crippen LogP contribution in [-0.4, -0.2) is 36.3 Å². The number of rotatable bonds is 3. The van der Waals surface area contributed by atoms with Crippen LogP contribution < -0.4 is 0 Å². The van der Waals surface area contributed by atoms with Crippen molar-refractivity contribution in [3.63, 3.8) is 0 Å². The molecule has 1 aromatic rings. The van der Waals surface area contributed by atoms with Crippen molar-refractivity contribution < 1.29 is 8.42 Å². The summed E-state index contributed by atoms with van der Waals surface area (Å²) in [4.78, 5) is 0. The lowest BCUT2D eigenvalue weighted by Crippen LogP contribution is -2.44. The zero-order valence-corrected chi connectivity index (χ0v) is 13.2. The molecule has 2 rings (SSSR count). The van der Waals surface area contributed by atoms with Gasteiger partial charge in [-0.3, -0.25) is 0 Å². The van der Waals surface area contributed by atoms with Crippen molar-refractivity contribution >= 4 is 21.8 Å². The minimum Gasteiger partial charge on any atom is -0.212 e. The Morgan fingerprint density at radius 2 is 1.80 bits per heavy atom. The average Bonchev–Trinajstić information content (AvgIpc) is 2.38. The van der Waals surface area contributed by atoms with E-state index in [0.717, 1.165) is 5.56 Å². The first-order chi connectivity index (χ1) is 9.40. The van der Waals surface area contributed by atoms with Gasteiger partial charge in [0.2, 0.25) is 10.0 Å². The Bertz CT molecular complexity index is 595. The van der Waals surface area contributed by atoms with E-state index in [-0.39, 0.29) is 5.75 Å². The molecule has 0 amide bonds. The third-order valence-electron chi connectivity index (χ3n) is 3.21. The number of nitrogens with zero attached hydrogens (tertiary/aromatic N) is 2. The van der Waals surface area contributed by atoms with Crippen molar-refractivity contribution in [1.29, 1.82) is 5.26 Å². The molecular formula is C14H18N2O2S2. The van der Waals surface area contributed by atoms with Gasteiger partial charge in [0.15, 0.2) is 0 Å². The zero-order chi connectivity index (χ0) is 14.8. The molecule has 2 atom stereocenters. The monoisotopic (exact) mass is 310 g/mol. The molecule has 0 aromatic heterocycles. The quantitative estimate of drug-likeness (QED) is 0.859. The van der Waals surface area contributed by atoms with Crippen LogP contribution in [0, 0.1) is 11.3 Å². The SMILES string of the molecule is CC1CN(S(=O)(=O)Cc2ccc(C#N)cc2)CC(C)S1. The lowest BCUT2D eigenvalue weighted by Gasteiger charge is -2.33. The fourth-order valence-corrected chi connectivity index (χ4v) is 5.55. The lowest BCUT2D eigenvalue weighted by atomic mass is 10.2. The molecule has 0 bridgehead atoms. The molecule has 20 heavy (non-hydrogen) atoms. The highest BCUT2D eigenvalue weighted by Crippen LogP contribution is 2.27. The minimum absolute atomic E-state index is 0.00279. The van der Waals surface area contributed by atoms with Crippen molar-refractivity contribution in [3.8, 4) is 6.07 Å². The molecule has 1 aliphatic rings. The lowest BCUT2D eigenvalue weighted by molar-refractivity contribution is 0.404. The summed E-state index contributed by atoms with van der Waals surface area (Å²) in [6.07, 6.45) is 0. The molecule has 1 aliphatic heterocycles. The van der Waals surface area contributed by atoms with Gasteiger partial charge in [-0.15, -0.1) is 0 Å². The van der Waals surface area contributed by atoms with Crippen molar-refractivity contribution in [2.45, 2.75) is 30.1 Å². The van der Waals surface area contributed by atoms with Crippen LogP contribution in [-0.2, 0) is 15.8 Å². The van der Waals surface area contributed by atoms with Crippen LogP contribution in [0.5, 0.6) is 0 Å². The van der Waals surface area contributed by atoms with Gasteiger partial charge < -0.3 is 0 Å². The summed E-state index contributed by atoms with van der Waals surface area (Å²) in [5, 5.41) is 9.40. The van der Waals surface area contributed by atoms with E-state index in [1.807, 2.05) is 17.8 Å². The Morgan fingerprint density at radius 3 is 2.30 bits per heavy atom. The molecule has 0 N–H and O–H groups in total. The highest BCUT2D eigenvalue weighted by Gasteiger charge is 2.30. The van der Waals surface area contributed by atoms with Crippen LogP contribution in [0.1, 0.15) is 25.0 Å². The molecule has 108 valence electrons. The minimum atomic E-state index is -3.28. The number of hydrogen-bond donors (Lipinski definition) is 0.